The Kier molecular flexibility index (Phi) is 3.38. The molecule has 2 heterocycles. The molecule has 6 heteroatoms. The van der Waals surface area contributed by atoms with Crippen LogP contribution in [0.1, 0.15) is 6.92 Å². The van der Waals surface area contributed by atoms with Crippen molar-refractivity contribution < 1.29 is 9.21 Å². The van der Waals surface area contributed by atoms with E-state index in [1.807, 2.05) is 61.5 Å². The molecule has 0 aliphatic carbocycles. The highest BCUT2D eigenvalue weighted by Crippen LogP contribution is 2.32. The molecule has 0 saturated heterocycles. The number of carbonyl (C=O) groups excluding carboxylic acids is 1. The number of oxazole rings is 1. The van der Waals surface area contributed by atoms with Gasteiger partial charge in [0.15, 0.2) is 5.58 Å². The summed E-state index contributed by atoms with van der Waals surface area (Å²) in [4.78, 5) is 17.1. The number of anilines is 1. The molecular weight excluding hydrogens is 310 g/mol. The maximum absolute atomic E-state index is 12.7. The zero-order valence-corrected chi connectivity index (χ0v) is 13.2. The largest absolute Gasteiger partial charge is 0.431 e. The van der Waals surface area contributed by atoms with Gasteiger partial charge in [-0.15, -0.1) is 0 Å². The molecule has 5 nitrogen and oxygen atoms in total. The highest BCUT2D eigenvalue weighted by atomic mass is 32.2. The highest BCUT2D eigenvalue weighted by molar-refractivity contribution is 8.01. The SMILES string of the molecule is CC1=NN(c2ccccc2)C(=O)[C@@H]1Sc1nc2ccccc2o1. The van der Waals surface area contributed by atoms with Crippen molar-refractivity contribution in [3.8, 4) is 0 Å². The molecule has 3 aromatic rings. The Morgan fingerprint density at radius 3 is 2.61 bits per heavy atom. The number of carbonyl (C=O) groups is 1. The maximum atomic E-state index is 12.7. The molecule has 2 aromatic carbocycles. The Balaban J connectivity index is 1.60. The molecule has 1 amide bonds. The molecular formula is C17H13N3O2S. The number of para-hydroxylation sites is 3. The van der Waals surface area contributed by atoms with Gasteiger partial charge >= 0.3 is 0 Å². The summed E-state index contributed by atoms with van der Waals surface area (Å²) in [6.07, 6.45) is 0. The lowest BCUT2D eigenvalue weighted by molar-refractivity contribution is -0.116. The summed E-state index contributed by atoms with van der Waals surface area (Å²) in [6.45, 7) is 1.85. The minimum absolute atomic E-state index is 0.0824. The molecule has 1 atom stereocenters. The van der Waals surface area contributed by atoms with Gasteiger partial charge in [0.05, 0.1) is 11.4 Å². The molecule has 1 aliphatic rings. The second kappa shape index (κ2) is 5.55. The Labute approximate surface area is 137 Å². The monoisotopic (exact) mass is 323 g/mol. The molecule has 1 aromatic heterocycles. The van der Waals surface area contributed by atoms with Crippen LogP contribution in [-0.4, -0.2) is 21.9 Å². The smallest absolute Gasteiger partial charge is 0.266 e. The second-order valence-corrected chi connectivity index (χ2v) is 6.23. The third-order valence-electron chi connectivity index (χ3n) is 3.56. The van der Waals surface area contributed by atoms with Crippen LogP contribution in [0.5, 0.6) is 0 Å². The van der Waals surface area contributed by atoms with Gasteiger partial charge in [0.2, 0.25) is 0 Å². The standard InChI is InChI=1S/C17H13N3O2S/c1-11-15(16(21)20(19-11)12-7-3-2-4-8-12)23-17-18-13-9-5-6-10-14(13)22-17/h2-10,15H,1H3/t15-/m1/s1. The van der Waals surface area contributed by atoms with Gasteiger partial charge in [-0.2, -0.15) is 10.1 Å². The lowest BCUT2D eigenvalue weighted by Crippen LogP contribution is -2.28. The molecule has 4 rings (SSSR count). The molecule has 1 aliphatic heterocycles. The lowest BCUT2D eigenvalue weighted by atomic mass is 10.3. The van der Waals surface area contributed by atoms with Gasteiger partial charge in [0.25, 0.3) is 11.1 Å². The van der Waals surface area contributed by atoms with Crippen molar-refractivity contribution in [2.75, 3.05) is 5.01 Å². The van der Waals surface area contributed by atoms with Crippen LogP contribution >= 0.6 is 11.8 Å². The first-order chi connectivity index (χ1) is 11.2. The van der Waals surface area contributed by atoms with Crippen LogP contribution in [-0.2, 0) is 4.79 Å². The molecule has 0 radical (unpaired) electrons. The van der Waals surface area contributed by atoms with Crippen molar-refractivity contribution in [2.45, 2.75) is 17.4 Å². The number of aromatic nitrogens is 1. The van der Waals surface area contributed by atoms with Gasteiger partial charge < -0.3 is 4.42 Å². The molecule has 114 valence electrons. The van der Waals surface area contributed by atoms with Crippen molar-refractivity contribution >= 4 is 40.2 Å². The van der Waals surface area contributed by atoms with Crippen molar-refractivity contribution in [3.05, 3.63) is 54.6 Å². The van der Waals surface area contributed by atoms with E-state index in [0.29, 0.717) is 5.22 Å². The number of hydrogen-bond acceptors (Lipinski definition) is 5. The van der Waals surface area contributed by atoms with E-state index in [2.05, 4.69) is 10.1 Å². The topological polar surface area (TPSA) is 58.7 Å². The van der Waals surface area contributed by atoms with E-state index in [9.17, 15) is 4.79 Å². The molecule has 0 fully saturated rings. The van der Waals surface area contributed by atoms with Gasteiger partial charge in [-0.25, -0.2) is 4.98 Å². The fourth-order valence-electron chi connectivity index (χ4n) is 2.44. The fourth-order valence-corrected chi connectivity index (χ4v) is 3.35. The van der Waals surface area contributed by atoms with Gasteiger partial charge in [0, 0.05) is 0 Å². The predicted molar refractivity (Wildman–Crippen MR) is 90.7 cm³/mol. The Bertz CT molecular complexity index is 871. The minimum Gasteiger partial charge on any atom is -0.431 e. The Hall–Kier alpha value is -2.60. The van der Waals surface area contributed by atoms with Crippen molar-refractivity contribution in [1.29, 1.82) is 0 Å². The number of benzene rings is 2. The van der Waals surface area contributed by atoms with Crippen LogP contribution in [0.4, 0.5) is 5.69 Å². The Morgan fingerprint density at radius 2 is 1.83 bits per heavy atom. The van der Waals surface area contributed by atoms with Crippen LogP contribution in [0.2, 0.25) is 0 Å². The number of rotatable bonds is 3. The van der Waals surface area contributed by atoms with Gasteiger partial charge in [-0.1, -0.05) is 30.3 Å². The number of hydrogen-bond donors (Lipinski definition) is 0. The maximum Gasteiger partial charge on any atom is 0.266 e. The van der Waals surface area contributed by atoms with Gasteiger partial charge in [-0.05, 0) is 43.0 Å². The van der Waals surface area contributed by atoms with E-state index in [0.717, 1.165) is 22.5 Å². The average molecular weight is 323 g/mol. The quantitative estimate of drug-likeness (QED) is 0.737. The zero-order chi connectivity index (χ0) is 15.8. The van der Waals surface area contributed by atoms with Crippen molar-refractivity contribution in [2.24, 2.45) is 5.10 Å². The lowest BCUT2D eigenvalue weighted by Gasteiger charge is -2.12. The van der Waals surface area contributed by atoms with Crippen molar-refractivity contribution in [1.82, 2.24) is 4.98 Å². The number of hydrazone groups is 1. The summed E-state index contributed by atoms with van der Waals surface area (Å²) >= 11 is 1.29. The van der Waals surface area contributed by atoms with E-state index in [1.165, 1.54) is 16.8 Å². The molecule has 0 saturated carbocycles. The van der Waals surface area contributed by atoms with Crippen LogP contribution in [0.3, 0.4) is 0 Å². The predicted octanol–water partition coefficient (Wildman–Crippen LogP) is 3.71. The van der Waals surface area contributed by atoms with E-state index >= 15 is 0 Å². The number of amides is 1. The first-order valence-corrected chi connectivity index (χ1v) is 8.07. The second-order valence-electron chi connectivity index (χ2n) is 5.17. The van der Waals surface area contributed by atoms with Crippen LogP contribution < -0.4 is 5.01 Å². The summed E-state index contributed by atoms with van der Waals surface area (Å²) in [6, 6.07) is 16.9. The fraction of sp³-hybridized carbons (Fsp3) is 0.118. The van der Waals surface area contributed by atoms with E-state index < -0.39 is 5.25 Å². The average Bonchev–Trinajstić information content (AvgIpc) is 3.11. The van der Waals surface area contributed by atoms with Crippen LogP contribution in [0.15, 0.2) is 69.3 Å². The first kappa shape index (κ1) is 14.0. The third kappa shape index (κ3) is 2.51. The van der Waals surface area contributed by atoms with E-state index in [1.54, 1.807) is 0 Å². The first-order valence-electron chi connectivity index (χ1n) is 7.19. The van der Waals surface area contributed by atoms with Gasteiger partial charge in [-0.3, -0.25) is 4.79 Å². The number of thioether (sulfide) groups is 1. The van der Waals surface area contributed by atoms with Crippen LogP contribution in [0, 0.1) is 0 Å². The molecule has 23 heavy (non-hydrogen) atoms. The van der Waals surface area contributed by atoms with Crippen LogP contribution in [0.25, 0.3) is 11.1 Å². The minimum atomic E-state index is -0.414. The molecule has 0 unspecified atom stereocenters. The van der Waals surface area contributed by atoms with E-state index in [-0.39, 0.29) is 5.91 Å². The summed E-state index contributed by atoms with van der Waals surface area (Å²) < 4.78 is 5.69. The molecule has 0 N–H and O–H groups in total. The number of fused-ring (bicyclic) bond motifs is 1. The number of nitrogens with zero attached hydrogens (tertiary/aromatic N) is 3. The zero-order valence-electron chi connectivity index (χ0n) is 12.3. The summed E-state index contributed by atoms with van der Waals surface area (Å²) in [5.74, 6) is -0.0824. The summed E-state index contributed by atoms with van der Waals surface area (Å²) in [5, 5.41) is 5.89. The van der Waals surface area contributed by atoms with Gasteiger partial charge in [0.1, 0.15) is 10.8 Å². The molecule has 0 spiro atoms. The third-order valence-corrected chi connectivity index (χ3v) is 4.72. The van der Waals surface area contributed by atoms with E-state index in [4.69, 9.17) is 4.42 Å². The van der Waals surface area contributed by atoms with Crippen molar-refractivity contribution in [3.63, 3.8) is 0 Å². The summed E-state index contributed by atoms with van der Waals surface area (Å²) in [5.41, 5.74) is 3.01. The normalized spacial score (nSPS) is 17.8. The summed E-state index contributed by atoms with van der Waals surface area (Å²) in [7, 11) is 0. The molecule has 0 bridgehead atoms. The highest BCUT2D eigenvalue weighted by Gasteiger charge is 2.36. The Morgan fingerprint density at radius 1 is 1.09 bits per heavy atom.